The van der Waals surface area contributed by atoms with Crippen LogP contribution in [0.3, 0.4) is 0 Å². The molecule has 1 aromatic rings. The van der Waals surface area contributed by atoms with E-state index in [1.54, 1.807) is 17.7 Å². The Morgan fingerprint density at radius 1 is 1.53 bits per heavy atom. The van der Waals surface area contributed by atoms with E-state index in [1.807, 2.05) is 0 Å². The Bertz CT molecular complexity index is 417. The van der Waals surface area contributed by atoms with Crippen molar-refractivity contribution in [2.24, 2.45) is 0 Å². The standard InChI is InChI=1S/C12H18N4O3/c1-3-6-15(8-12(18)19-4-2)11(17)5-7-16-10-13-9-14-16/h3,9-10H,1,4-8H2,2H3. The van der Waals surface area contributed by atoms with Crippen molar-refractivity contribution < 1.29 is 14.3 Å². The van der Waals surface area contributed by atoms with Crippen LogP contribution in [-0.4, -0.2) is 51.2 Å². The van der Waals surface area contributed by atoms with Crippen LogP contribution in [-0.2, 0) is 20.9 Å². The average molecular weight is 266 g/mol. The first-order valence-corrected chi connectivity index (χ1v) is 6.04. The summed E-state index contributed by atoms with van der Waals surface area (Å²) in [5, 5.41) is 3.91. The van der Waals surface area contributed by atoms with Crippen LogP contribution in [0.15, 0.2) is 25.3 Å². The van der Waals surface area contributed by atoms with Crippen molar-refractivity contribution in [2.75, 3.05) is 19.7 Å². The van der Waals surface area contributed by atoms with E-state index in [-0.39, 0.29) is 18.9 Å². The second-order valence-corrected chi connectivity index (χ2v) is 3.78. The predicted octanol–water partition coefficient (Wildman–Crippen LogP) is 0.246. The van der Waals surface area contributed by atoms with Crippen molar-refractivity contribution in [2.45, 2.75) is 19.9 Å². The van der Waals surface area contributed by atoms with Crippen LogP contribution in [0.25, 0.3) is 0 Å². The molecule has 0 fully saturated rings. The summed E-state index contributed by atoms with van der Waals surface area (Å²) in [4.78, 5) is 28.6. The van der Waals surface area contributed by atoms with Gasteiger partial charge in [0.05, 0.1) is 13.2 Å². The summed E-state index contributed by atoms with van der Waals surface area (Å²) >= 11 is 0. The number of aryl methyl sites for hydroxylation is 1. The second-order valence-electron chi connectivity index (χ2n) is 3.78. The Morgan fingerprint density at radius 3 is 2.89 bits per heavy atom. The maximum atomic E-state index is 12.0. The zero-order chi connectivity index (χ0) is 14.1. The molecule has 0 aliphatic rings. The van der Waals surface area contributed by atoms with Gasteiger partial charge in [0.1, 0.15) is 19.2 Å². The fraction of sp³-hybridized carbons (Fsp3) is 0.500. The highest BCUT2D eigenvalue weighted by molar-refractivity contribution is 5.82. The minimum atomic E-state index is -0.418. The summed E-state index contributed by atoms with van der Waals surface area (Å²) in [6.07, 6.45) is 4.77. The van der Waals surface area contributed by atoms with Crippen LogP contribution >= 0.6 is 0 Å². The lowest BCUT2D eigenvalue weighted by Crippen LogP contribution is -2.37. The number of nitrogens with zero attached hydrogens (tertiary/aromatic N) is 4. The SMILES string of the molecule is C=CCN(CC(=O)OCC)C(=O)CCn1cncn1. The summed E-state index contributed by atoms with van der Waals surface area (Å²) in [5.41, 5.74) is 0. The number of hydrogen-bond donors (Lipinski definition) is 0. The van der Waals surface area contributed by atoms with Gasteiger partial charge in [-0.2, -0.15) is 5.10 Å². The van der Waals surface area contributed by atoms with E-state index in [2.05, 4.69) is 16.7 Å². The normalized spacial score (nSPS) is 9.95. The van der Waals surface area contributed by atoms with Crippen LogP contribution in [0.4, 0.5) is 0 Å². The molecule has 1 heterocycles. The maximum absolute atomic E-state index is 12.0. The molecule has 0 N–H and O–H groups in total. The molecule has 0 bridgehead atoms. The lowest BCUT2D eigenvalue weighted by molar-refractivity contribution is -0.148. The van der Waals surface area contributed by atoms with E-state index in [1.165, 1.54) is 17.6 Å². The molecule has 19 heavy (non-hydrogen) atoms. The van der Waals surface area contributed by atoms with Crippen molar-refractivity contribution in [1.29, 1.82) is 0 Å². The number of hydrogen-bond acceptors (Lipinski definition) is 5. The lowest BCUT2D eigenvalue weighted by Gasteiger charge is -2.19. The quantitative estimate of drug-likeness (QED) is 0.498. The van der Waals surface area contributed by atoms with Crippen LogP contribution in [0.1, 0.15) is 13.3 Å². The van der Waals surface area contributed by atoms with Crippen LogP contribution in [0.5, 0.6) is 0 Å². The van der Waals surface area contributed by atoms with Gasteiger partial charge < -0.3 is 9.64 Å². The summed E-state index contributed by atoms with van der Waals surface area (Å²) in [6, 6.07) is 0. The third kappa shape index (κ3) is 5.33. The number of rotatable bonds is 8. The summed E-state index contributed by atoms with van der Waals surface area (Å²) in [6.45, 7) is 6.28. The Kier molecular flexibility index (Phi) is 6.28. The topological polar surface area (TPSA) is 77.3 Å². The summed E-state index contributed by atoms with van der Waals surface area (Å²) < 4.78 is 6.39. The molecule has 0 saturated carbocycles. The number of aromatic nitrogens is 3. The molecule has 0 radical (unpaired) electrons. The fourth-order valence-electron chi connectivity index (χ4n) is 1.49. The highest BCUT2D eigenvalue weighted by Gasteiger charge is 2.16. The zero-order valence-corrected chi connectivity index (χ0v) is 11.0. The third-order valence-electron chi connectivity index (χ3n) is 2.35. The van der Waals surface area contributed by atoms with Gasteiger partial charge in [-0.3, -0.25) is 14.3 Å². The minimum Gasteiger partial charge on any atom is -0.465 e. The molecule has 104 valence electrons. The third-order valence-corrected chi connectivity index (χ3v) is 2.35. The van der Waals surface area contributed by atoms with Gasteiger partial charge in [0.15, 0.2) is 0 Å². The first-order valence-electron chi connectivity index (χ1n) is 6.04. The molecule has 1 aromatic heterocycles. The molecule has 0 atom stereocenters. The molecule has 7 heteroatoms. The van der Waals surface area contributed by atoms with Gasteiger partial charge in [-0.05, 0) is 6.92 Å². The van der Waals surface area contributed by atoms with Gasteiger partial charge in [-0.15, -0.1) is 6.58 Å². The van der Waals surface area contributed by atoms with Gasteiger partial charge in [0, 0.05) is 13.0 Å². The van der Waals surface area contributed by atoms with Crippen molar-refractivity contribution in [3.63, 3.8) is 0 Å². The van der Waals surface area contributed by atoms with Gasteiger partial charge in [0.25, 0.3) is 0 Å². The number of ether oxygens (including phenoxy) is 1. The molecule has 0 aliphatic carbocycles. The molecular weight excluding hydrogens is 248 g/mol. The van der Waals surface area contributed by atoms with E-state index in [4.69, 9.17) is 4.74 Å². The fourth-order valence-corrected chi connectivity index (χ4v) is 1.49. The van der Waals surface area contributed by atoms with Gasteiger partial charge in [-0.25, -0.2) is 4.98 Å². The Morgan fingerprint density at radius 2 is 2.32 bits per heavy atom. The van der Waals surface area contributed by atoms with Gasteiger partial charge in [0.2, 0.25) is 5.91 Å². The Balaban J connectivity index is 2.47. The van der Waals surface area contributed by atoms with Crippen LogP contribution in [0, 0.1) is 0 Å². The largest absolute Gasteiger partial charge is 0.465 e. The van der Waals surface area contributed by atoms with E-state index in [0.717, 1.165) is 0 Å². The first-order chi connectivity index (χ1) is 9.17. The summed E-state index contributed by atoms with van der Waals surface area (Å²) in [7, 11) is 0. The highest BCUT2D eigenvalue weighted by Crippen LogP contribution is 1.98. The molecular formula is C12H18N4O3. The van der Waals surface area contributed by atoms with Gasteiger partial charge >= 0.3 is 5.97 Å². The van der Waals surface area contributed by atoms with E-state index < -0.39 is 5.97 Å². The molecule has 0 spiro atoms. The number of esters is 1. The molecule has 0 aromatic carbocycles. The van der Waals surface area contributed by atoms with E-state index >= 15 is 0 Å². The highest BCUT2D eigenvalue weighted by atomic mass is 16.5. The Hall–Kier alpha value is -2.18. The smallest absolute Gasteiger partial charge is 0.325 e. The van der Waals surface area contributed by atoms with Crippen LogP contribution < -0.4 is 0 Å². The lowest BCUT2D eigenvalue weighted by atomic mass is 10.3. The van der Waals surface area contributed by atoms with Crippen molar-refractivity contribution >= 4 is 11.9 Å². The van der Waals surface area contributed by atoms with E-state index in [0.29, 0.717) is 19.7 Å². The van der Waals surface area contributed by atoms with E-state index in [9.17, 15) is 9.59 Å². The number of carbonyl (C=O) groups is 2. The molecule has 0 unspecified atom stereocenters. The number of amides is 1. The maximum Gasteiger partial charge on any atom is 0.325 e. The average Bonchev–Trinajstić information content (AvgIpc) is 2.89. The van der Waals surface area contributed by atoms with Crippen molar-refractivity contribution in [1.82, 2.24) is 19.7 Å². The number of carbonyl (C=O) groups excluding carboxylic acids is 2. The molecule has 1 rings (SSSR count). The monoisotopic (exact) mass is 266 g/mol. The predicted molar refractivity (Wildman–Crippen MR) is 68.0 cm³/mol. The first kappa shape index (κ1) is 14.9. The molecule has 0 saturated heterocycles. The van der Waals surface area contributed by atoms with Crippen LogP contribution in [0.2, 0.25) is 0 Å². The second kappa shape index (κ2) is 8.02. The zero-order valence-electron chi connectivity index (χ0n) is 11.0. The minimum absolute atomic E-state index is 0.0595. The van der Waals surface area contributed by atoms with Crippen molar-refractivity contribution in [3.8, 4) is 0 Å². The molecule has 7 nitrogen and oxygen atoms in total. The van der Waals surface area contributed by atoms with Gasteiger partial charge in [-0.1, -0.05) is 6.08 Å². The van der Waals surface area contributed by atoms with Crippen molar-refractivity contribution in [3.05, 3.63) is 25.3 Å². The summed E-state index contributed by atoms with van der Waals surface area (Å²) in [5.74, 6) is -0.568. The molecule has 0 aliphatic heterocycles. The molecule has 1 amide bonds. The Labute approximate surface area is 111 Å².